The van der Waals surface area contributed by atoms with Gasteiger partial charge in [0.05, 0.1) is 25.2 Å². The molecule has 1 aromatic rings. The Morgan fingerprint density at radius 3 is 2.67 bits per heavy atom. The van der Waals surface area contributed by atoms with Gasteiger partial charge in [-0.1, -0.05) is 28.1 Å². The number of nitrogens with two attached hydrogens (primary N) is 1. The molecule has 0 aliphatic carbocycles. The van der Waals surface area contributed by atoms with Gasteiger partial charge in [-0.15, -0.1) is 0 Å². The highest BCUT2D eigenvalue weighted by atomic mass is 79.9. The van der Waals surface area contributed by atoms with E-state index in [4.69, 9.17) is 10.5 Å². The van der Waals surface area contributed by atoms with Crippen molar-refractivity contribution < 1.29 is 9.53 Å². The molecule has 98 valence electrons. The minimum Gasteiger partial charge on any atom is -0.379 e. The molecule has 3 N–H and O–H groups in total. The van der Waals surface area contributed by atoms with E-state index in [1.807, 2.05) is 31.2 Å². The summed E-state index contributed by atoms with van der Waals surface area (Å²) in [5.74, 6) is -0.265. The standard InChI is InChI=1S/C13H17BrN2O2/c1-8(9-2-4-10(14)5-3-9)16-13(17)11-6-18-7-12(11)15/h2-5,8,11-12H,6-7,15H2,1H3,(H,16,17)/t8-,11?,12?/m0/s1. The van der Waals surface area contributed by atoms with Gasteiger partial charge in [0.15, 0.2) is 0 Å². The van der Waals surface area contributed by atoms with E-state index < -0.39 is 0 Å². The third kappa shape index (κ3) is 3.10. The lowest BCUT2D eigenvalue weighted by molar-refractivity contribution is -0.125. The lowest BCUT2D eigenvalue weighted by Crippen LogP contribution is -2.41. The number of amides is 1. The molecular formula is C13H17BrN2O2. The van der Waals surface area contributed by atoms with Gasteiger partial charge in [-0.3, -0.25) is 4.79 Å². The van der Waals surface area contributed by atoms with E-state index in [9.17, 15) is 4.79 Å². The predicted octanol–water partition coefficient (Wildman–Crippen LogP) is 1.60. The summed E-state index contributed by atoms with van der Waals surface area (Å²) < 4.78 is 6.23. The number of carbonyl (C=O) groups is 1. The molecule has 1 heterocycles. The second kappa shape index (κ2) is 5.82. The summed E-state index contributed by atoms with van der Waals surface area (Å²) in [6.07, 6.45) is 0. The van der Waals surface area contributed by atoms with E-state index in [0.717, 1.165) is 10.0 Å². The maximum atomic E-state index is 12.0. The molecule has 1 aliphatic rings. The number of nitrogens with one attached hydrogen (secondary N) is 1. The fourth-order valence-electron chi connectivity index (χ4n) is 2.00. The fraction of sp³-hybridized carbons (Fsp3) is 0.462. The van der Waals surface area contributed by atoms with E-state index in [0.29, 0.717) is 13.2 Å². The minimum absolute atomic E-state index is 0.0293. The van der Waals surface area contributed by atoms with Gasteiger partial charge in [-0.25, -0.2) is 0 Å². The predicted molar refractivity (Wildman–Crippen MR) is 73.0 cm³/mol. The third-order valence-corrected chi connectivity index (χ3v) is 3.72. The Morgan fingerprint density at radius 2 is 2.11 bits per heavy atom. The van der Waals surface area contributed by atoms with Gasteiger partial charge < -0.3 is 15.8 Å². The van der Waals surface area contributed by atoms with Crippen molar-refractivity contribution in [2.45, 2.75) is 19.0 Å². The summed E-state index contributed by atoms with van der Waals surface area (Å²) in [4.78, 5) is 12.0. The van der Waals surface area contributed by atoms with E-state index in [1.165, 1.54) is 0 Å². The second-order valence-electron chi connectivity index (χ2n) is 4.59. The van der Waals surface area contributed by atoms with Crippen LogP contribution in [0.2, 0.25) is 0 Å². The van der Waals surface area contributed by atoms with E-state index >= 15 is 0 Å². The molecule has 1 amide bonds. The molecule has 1 saturated heterocycles. The van der Waals surface area contributed by atoms with Gasteiger partial charge in [0.2, 0.25) is 5.91 Å². The lowest BCUT2D eigenvalue weighted by atomic mass is 10.0. The molecule has 2 unspecified atom stereocenters. The van der Waals surface area contributed by atoms with Crippen LogP contribution in [0.15, 0.2) is 28.7 Å². The minimum atomic E-state index is -0.233. The normalized spacial score (nSPS) is 24.8. The number of halogens is 1. The summed E-state index contributed by atoms with van der Waals surface area (Å²) >= 11 is 3.39. The Kier molecular flexibility index (Phi) is 4.37. The monoisotopic (exact) mass is 312 g/mol. The molecule has 3 atom stereocenters. The van der Waals surface area contributed by atoms with Crippen LogP contribution in [-0.2, 0) is 9.53 Å². The molecule has 4 nitrogen and oxygen atoms in total. The Morgan fingerprint density at radius 1 is 1.44 bits per heavy atom. The first kappa shape index (κ1) is 13.5. The van der Waals surface area contributed by atoms with Gasteiger partial charge in [0, 0.05) is 10.5 Å². The summed E-state index contributed by atoms with van der Waals surface area (Å²) in [6.45, 7) is 2.84. The third-order valence-electron chi connectivity index (χ3n) is 3.19. The lowest BCUT2D eigenvalue weighted by Gasteiger charge is -2.18. The number of rotatable bonds is 3. The van der Waals surface area contributed by atoms with Gasteiger partial charge in [-0.2, -0.15) is 0 Å². The van der Waals surface area contributed by atoms with Crippen LogP contribution in [0.5, 0.6) is 0 Å². The van der Waals surface area contributed by atoms with Crippen molar-refractivity contribution in [2.24, 2.45) is 11.7 Å². The molecule has 0 spiro atoms. The number of hydrogen-bond acceptors (Lipinski definition) is 3. The zero-order chi connectivity index (χ0) is 13.1. The molecular weight excluding hydrogens is 296 g/mol. The first-order valence-corrected chi connectivity index (χ1v) is 6.76. The van der Waals surface area contributed by atoms with Crippen LogP contribution in [-0.4, -0.2) is 25.2 Å². The highest BCUT2D eigenvalue weighted by Gasteiger charge is 2.31. The largest absolute Gasteiger partial charge is 0.379 e. The molecule has 5 heteroatoms. The summed E-state index contributed by atoms with van der Waals surface area (Å²) in [5.41, 5.74) is 6.89. The number of ether oxygens (including phenoxy) is 1. The molecule has 18 heavy (non-hydrogen) atoms. The fourth-order valence-corrected chi connectivity index (χ4v) is 2.26. The van der Waals surface area contributed by atoms with Gasteiger partial charge >= 0.3 is 0 Å². The smallest absolute Gasteiger partial charge is 0.227 e. The molecule has 0 saturated carbocycles. The van der Waals surface area contributed by atoms with Gasteiger partial charge in [-0.05, 0) is 24.6 Å². The van der Waals surface area contributed by atoms with Crippen molar-refractivity contribution in [3.05, 3.63) is 34.3 Å². The maximum absolute atomic E-state index is 12.0. The summed E-state index contributed by atoms with van der Waals surface area (Å²) in [7, 11) is 0. The van der Waals surface area contributed by atoms with Crippen molar-refractivity contribution in [3.8, 4) is 0 Å². The zero-order valence-corrected chi connectivity index (χ0v) is 11.8. The average molecular weight is 313 g/mol. The van der Waals surface area contributed by atoms with E-state index in [-0.39, 0.29) is 23.9 Å². The molecule has 1 fully saturated rings. The van der Waals surface area contributed by atoms with Crippen molar-refractivity contribution in [3.63, 3.8) is 0 Å². The summed E-state index contributed by atoms with van der Waals surface area (Å²) in [5, 5.41) is 2.97. The SMILES string of the molecule is C[C@H](NC(=O)C1COCC1N)c1ccc(Br)cc1. The number of hydrogen-bond donors (Lipinski definition) is 2. The number of carbonyl (C=O) groups excluding carboxylic acids is 1. The van der Waals surface area contributed by atoms with Gasteiger partial charge in [0.25, 0.3) is 0 Å². The zero-order valence-electron chi connectivity index (χ0n) is 10.2. The second-order valence-corrected chi connectivity index (χ2v) is 5.51. The molecule has 1 aromatic carbocycles. The van der Waals surface area contributed by atoms with Crippen LogP contribution in [0, 0.1) is 5.92 Å². The van der Waals surface area contributed by atoms with Gasteiger partial charge in [0.1, 0.15) is 0 Å². The Hall–Kier alpha value is -0.910. The van der Waals surface area contributed by atoms with Crippen molar-refractivity contribution in [1.82, 2.24) is 5.32 Å². The molecule has 2 rings (SSSR count). The van der Waals surface area contributed by atoms with Crippen LogP contribution in [0.4, 0.5) is 0 Å². The van der Waals surface area contributed by atoms with Crippen molar-refractivity contribution >= 4 is 21.8 Å². The Balaban J connectivity index is 1.96. The van der Waals surface area contributed by atoms with Crippen molar-refractivity contribution in [1.29, 1.82) is 0 Å². The maximum Gasteiger partial charge on any atom is 0.227 e. The Bertz CT molecular complexity index is 422. The summed E-state index contributed by atoms with van der Waals surface area (Å²) in [6, 6.07) is 7.67. The van der Waals surface area contributed by atoms with E-state index in [1.54, 1.807) is 0 Å². The highest BCUT2D eigenvalue weighted by Crippen LogP contribution is 2.18. The molecule has 1 aliphatic heterocycles. The topological polar surface area (TPSA) is 64.3 Å². The van der Waals surface area contributed by atoms with Crippen LogP contribution < -0.4 is 11.1 Å². The van der Waals surface area contributed by atoms with Crippen LogP contribution >= 0.6 is 15.9 Å². The quantitative estimate of drug-likeness (QED) is 0.891. The molecule has 0 aromatic heterocycles. The first-order valence-electron chi connectivity index (χ1n) is 5.97. The first-order chi connectivity index (χ1) is 8.58. The van der Waals surface area contributed by atoms with E-state index in [2.05, 4.69) is 21.2 Å². The average Bonchev–Trinajstić information content (AvgIpc) is 2.76. The van der Waals surface area contributed by atoms with Crippen LogP contribution in [0.1, 0.15) is 18.5 Å². The number of benzene rings is 1. The van der Waals surface area contributed by atoms with Crippen molar-refractivity contribution in [2.75, 3.05) is 13.2 Å². The Labute approximate surface area is 115 Å². The highest BCUT2D eigenvalue weighted by molar-refractivity contribution is 9.10. The van der Waals surface area contributed by atoms with Crippen LogP contribution in [0.3, 0.4) is 0 Å². The molecule has 0 bridgehead atoms. The molecule has 0 radical (unpaired) electrons. The van der Waals surface area contributed by atoms with Crippen LogP contribution in [0.25, 0.3) is 0 Å².